The number of carbonyl (C=O) groups excluding carboxylic acids is 2. The van der Waals surface area contributed by atoms with Gasteiger partial charge in [-0.15, -0.1) is 0 Å². The maximum atomic E-state index is 12.9. The molecule has 2 aliphatic rings. The Morgan fingerprint density at radius 3 is 2.24 bits per heavy atom. The summed E-state index contributed by atoms with van der Waals surface area (Å²) in [5.41, 5.74) is 2.74. The summed E-state index contributed by atoms with van der Waals surface area (Å²) >= 11 is 0. The zero-order valence-corrected chi connectivity index (χ0v) is 19.6. The molecule has 3 N–H and O–H groups in total. The first kappa shape index (κ1) is 24.0. The van der Waals surface area contributed by atoms with Gasteiger partial charge in [-0.25, -0.2) is 9.18 Å². The van der Waals surface area contributed by atoms with Gasteiger partial charge in [0, 0.05) is 50.1 Å². The molecule has 1 aliphatic carbocycles. The highest BCUT2D eigenvalue weighted by Crippen LogP contribution is 2.21. The highest BCUT2D eigenvalue weighted by Gasteiger charge is 2.24. The molecule has 0 bridgehead atoms. The molecule has 1 saturated carbocycles. The molecular formula is C26H34FN5O2. The summed E-state index contributed by atoms with van der Waals surface area (Å²) in [6, 6.07) is 14.4. The third-order valence-electron chi connectivity index (χ3n) is 6.54. The van der Waals surface area contributed by atoms with Crippen LogP contribution in [0.5, 0.6) is 0 Å². The second-order valence-electron chi connectivity index (χ2n) is 9.08. The summed E-state index contributed by atoms with van der Waals surface area (Å²) in [7, 11) is 0. The van der Waals surface area contributed by atoms with Gasteiger partial charge in [0.2, 0.25) is 5.91 Å². The van der Waals surface area contributed by atoms with Crippen molar-refractivity contribution in [1.29, 1.82) is 0 Å². The van der Waals surface area contributed by atoms with Crippen molar-refractivity contribution in [2.75, 3.05) is 42.9 Å². The summed E-state index contributed by atoms with van der Waals surface area (Å²) in [6.45, 7) is 3.66. The highest BCUT2D eigenvalue weighted by molar-refractivity contribution is 5.92. The first-order valence-electron chi connectivity index (χ1n) is 12.2. The van der Waals surface area contributed by atoms with Gasteiger partial charge in [-0.05, 0) is 54.8 Å². The standard InChI is InChI=1S/C26H34FN5O2/c27-21-8-6-20(7-9-21)18-28-19-25(33)29-23-10-12-24(13-11-23)31-14-16-32(17-15-31)26(34)30-22-4-2-1-3-5-22/h6-13,22,28H,1-5,14-19H2,(H,29,33)(H,30,34). The van der Waals surface area contributed by atoms with E-state index in [4.69, 9.17) is 0 Å². The van der Waals surface area contributed by atoms with Crippen molar-refractivity contribution in [3.63, 3.8) is 0 Å². The topological polar surface area (TPSA) is 76.7 Å². The largest absolute Gasteiger partial charge is 0.368 e. The third kappa shape index (κ3) is 6.93. The minimum atomic E-state index is -0.271. The SMILES string of the molecule is O=C(CNCc1ccc(F)cc1)Nc1ccc(N2CCN(C(=O)NC3CCCCC3)CC2)cc1. The van der Waals surface area contributed by atoms with Gasteiger partial charge in [0.15, 0.2) is 0 Å². The molecule has 0 unspecified atom stereocenters. The van der Waals surface area contributed by atoms with Crippen LogP contribution in [0.25, 0.3) is 0 Å². The predicted molar refractivity (Wildman–Crippen MR) is 132 cm³/mol. The number of hydrogen-bond donors (Lipinski definition) is 3. The van der Waals surface area contributed by atoms with E-state index in [0.29, 0.717) is 25.7 Å². The molecule has 0 spiro atoms. The Kier molecular flexibility index (Phi) is 8.36. The van der Waals surface area contributed by atoms with Crippen LogP contribution in [-0.4, -0.2) is 55.6 Å². The number of urea groups is 1. The molecule has 0 radical (unpaired) electrons. The smallest absolute Gasteiger partial charge is 0.317 e. The lowest BCUT2D eigenvalue weighted by Gasteiger charge is -2.37. The van der Waals surface area contributed by atoms with Gasteiger partial charge < -0.3 is 25.8 Å². The van der Waals surface area contributed by atoms with Crippen molar-refractivity contribution < 1.29 is 14.0 Å². The molecule has 182 valence electrons. The molecule has 1 aliphatic heterocycles. The van der Waals surface area contributed by atoms with Crippen molar-refractivity contribution in [3.05, 3.63) is 59.9 Å². The molecule has 7 nitrogen and oxygen atoms in total. The fourth-order valence-corrected chi connectivity index (χ4v) is 4.56. The summed E-state index contributed by atoms with van der Waals surface area (Å²) in [4.78, 5) is 28.9. The molecule has 0 aromatic heterocycles. The van der Waals surface area contributed by atoms with Gasteiger partial charge in [0.25, 0.3) is 0 Å². The minimum Gasteiger partial charge on any atom is -0.368 e. The average molecular weight is 468 g/mol. The van der Waals surface area contributed by atoms with Crippen LogP contribution in [0, 0.1) is 5.82 Å². The number of amides is 3. The highest BCUT2D eigenvalue weighted by atomic mass is 19.1. The predicted octanol–water partition coefficient (Wildman–Crippen LogP) is 3.72. The van der Waals surface area contributed by atoms with Crippen LogP contribution in [0.15, 0.2) is 48.5 Å². The van der Waals surface area contributed by atoms with Crippen LogP contribution in [-0.2, 0) is 11.3 Å². The number of anilines is 2. The zero-order chi connectivity index (χ0) is 23.8. The van der Waals surface area contributed by atoms with Crippen molar-refractivity contribution in [2.24, 2.45) is 0 Å². The van der Waals surface area contributed by atoms with Crippen molar-refractivity contribution in [3.8, 4) is 0 Å². The number of halogens is 1. The van der Waals surface area contributed by atoms with E-state index in [1.807, 2.05) is 29.2 Å². The van der Waals surface area contributed by atoms with Gasteiger partial charge in [-0.1, -0.05) is 31.4 Å². The normalized spacial score (nSPS) is 16.9. The van der Waals surface area contributed by atoms with E-state index in [9.17, 15) is 14.0 Å². The van der Waals surface area contributed by atoms with Crippen LogP contribution >= 0.6 is 0 Å². The number of hydrogen-bond acceptors (Lipinski definition) is 4. The molecule has 2 fully saturated rings. The number of nitrogens with zero attached hydrogens (tertiary/aromatic N) is 2. The van der Waals surface area contributed by atoms with Gasteiger partial charge >= 0.3 is 6.03 Å². The Balaban J connectivity index is 1.17. The molecule has 2 aromatic carbocycles. The second-order valence-corrected chi connectivity index (χ2v) is 9.08. The fourth-order valence-electron chi connectivity index (χ4n) is 4.56. The summed E-state index contributed by atoms with van der Waals surface area (Å²) < 4.78 is 12.9. The average Bonchev–Trinajstić information content (AvgIpc) is 2.86. The van der Waals surface area contributed by atoms with E-state index < -0.39 is 0 Å². The molecule has 3 amide bonds. The van der Waals surface area contributed by atoms with Crippen molar-refractivity contribution in [1.82, 2.24) is 15.5 Å². The number of nitrogens with one attached hydrogen (secondary N) is 3. The van der Waals surface area contributed by atoms with Crippen molar-refractivity contribution >= 4 is 23.3 Å². The Morgan fingerprint density at radius 1 is 0.882 bits per heavy atom. The monoisotopic (exact) mass is 467 g/mol. The van der Waals surface area contributed by atoms with Gasteiger partial charge in [0.05, 0.1) is 6.54 Å². The van der Waals surface area contributed by atoms with E-state index in [-0.39, 0.29) is 24.3 Å². The molecule has 4 rings (SSSR count). The van der Waals surface area contributed by atoms with Crippen LogP contribution < -0.4 is 20.9 Å². The quantitative estimate of drug-likeness (QED) is 0.580. The third-order valence-corrected chi connectivity index (χ3v) is 6.54. The van der Waals surface area contributed by atoms with Crippen LogP contribution in [0.2, 0.25) is 0 Å². The first-order chi connectivity index (χ1) is 16.6. The lowest BCUT2D eigenvalue weighted by Crippen LogP contribution is -2.53. The molecule has 1 saturated heterocycles. The van der Waals surface area contributed by atoms with Gasteiger partial charge in [-0.2, -0.15) is 0 Å². The fraction of sp³-hybridized carbons (Fsp3) is 0.462. The lowest BCUT2D eigenvalue weighted by atomic mass is 9.96. The molecular weight excluding hydrogens is 433 g/mol. The van der Waals surface area contributed by atoms with Crippen LogP contribution in [0.3, 0.4) is 0 Å². The van der Waals surface area contributed by atoms with Gasteiger partial charge in [-0.3, -0.25) is 4.79 Å². The summed E-state index contributed by atoms with van der Waals surface area (Å²) in [6.07, 6.45) is 5.89. The van der Waals surface area contributed by atoms with Crippen LogP contribution in [0.1, 0.15) is 37.7 Å². The summed E-state index contributed by atoms with van der Waals surface area (Å²) in [5, 5.41) is 9.15. The lowest BCUT2D eigenvalue weighted by molar-refractivity contribution is -0.115. The van der Waals surface area contributed by atoms with E-state index >= 15 is 0 Å². The van der Waals surface area contributed by atoms with Crippen LogP contribution in [0.4, 0.5) is 20.6 Å². The van der Waals surface area contributed by atoms with E-state index in [1.54, 1.807) is 12.1 Å². The van der Waals surface area contributed by atoms with E-state index in [2.05, 4.69) is 20.9 Å². The summed E-state index contributed by atoms with van der Waals surface area (Å²) in [5.74, 6) is -0.403. The minimum absolute atomic E-state index is 0.0673. The Hall–Kier alpha value is -3.13. The van der Waals surface area contributed by atoms with Gasteiger partial charge in [0.1, 0.15) is 5.82 Å². The zero-order valence-electron chi connectivity index (χ0n) is 19.6. The Morgan fingerprint density at radius 2 is 1.56 bits per heavy atom. The Labute approximate surface area is 200 Å². The second kappa shape index (κ2) is 11.8. The van der Waals surface area contributed by atoms with Crippen molar-refractivity contribution in [2.45, 2.75) is 44.7 Å². The maximum absolute atomic E-state index is 12.9. The molecule has 8 heteroatoms. The van der Waals surface area contributed by atoms with E-state index in [1.165, 1.54) is 31.4 Å². The number of benzene rings is 2. The number of carbonyl (C=O) groups is 2. The molecule has 2 aromatic rings. The first-order valence-corrected chi connectivity index (χ1v) is 12.2. The maximum Gasteiger partial charge on any atom is 0.317 e. The molecule has 1 heterocycles. The Bertz CT molecular complexity index is 937. The molecule has 34 heavy (non-hydrogen) atoms. The number of piperazine rings is 1. The van der Waals surface area contributed by atoms with E-state index in [0.717, 1.165) is 42.9 Å². The number of rotatable bonds is 7. The molecule has 0 atom stereocenters.